The summed E-state index contributed by atoms with van der Waals surface area (Å²) in [7, 11) is -1.46. The molecular weight excluding hydrogens is 298 g/mol. The molecule has 3 unspecified atom stereocenters. The summed E-state index contributed by atoms with van der Waals surface area (Å²) in [4.78, 5) is 0.344. The number of alkyl halides is 1. The summed E-state index contributed by atoms with van der Waals surface area (Å²) in [6, 6.07) is 7.18. The van der Waals surface area contributed by atoms with Gasteiger partial charge in [-0.1, -0.05) is 12.1 Å². The van der Waals surface area contributed by atoms with Gasteiger partial charge in [-0.25, -0.2) is 8.42 Å². The molecule has 0 radical (unpaired) electrons. The summed E-state index contributed by atoms with van der Waals surface area (Å²) in [5, 5.41) is 3.36. The molecule has 4 nitrogen and oxygen atoms in total. The largest absolute Gasteiger partial charge is 0.384 e. The minimum atomic E-state index is -3.14. The third-order valence-electron chi connectivity index (χ3n) is 3.69. The molecule has 1 fully saturated rings. The minimum absolute atomic E-state index is 0.122. The van der Waals surface area contributed by atoms with Crippen molar-refractivity contribution in [2.24, 2.45) is 5.92 Å². The number of nitrogens with one attached hydrogen (secondary N) is 1. The number of benzene rings is 1. The predicted molar refractivity (Wildman–Crippen MR) is 79.7 cm³/mol. The molecule has 1 heterocycles. The molecule has 20 heavy (non-hydrogen) atoms. The van der Waals surface area contributed by atoms with Gasteiger partial charge in [0.15, 0.2) is 9.84 Å². The molecule has 1 N–H and O–H groups in total. The van der Waals surface area contributed by atoms with E-state index in [-0.39, 0.29) is 11.5 Å². The number of ether oxygens (including phenoxy) is 1. The number of rotatable bonds is 4. The van der Waals surface area contributed by atoms with Crippen LogP contribution in [0.3, 0.4) is 0 Å². The third kappa shape index (κ3) is 3.73. The SMILES string of the molecule is COCC1CCC(c2ccc(S(C)(=O)=O)cc2)NC1Cl. The van der Waals surface area contributed by atoms with Crippen LogP contribution in [-0.4, -0.2) is 33.9 Å². The average Bonchev–Trinajstić information content (AvgIpc) is 2.40. The Bertz CT molecular complexity index is 544. The van der Waals surface area contributed by atoms with E-state index in [1.807, 2.05) is 12.1 Å². The second kappa shape index (κ2) is 6.43. The van der Waals surface area contributed by atoms with Gasteiger partial charge in [0, 0.05) is 25.3 Å². The van der Waals surface area contributed by atoms with Gasteiger partial charge >= 0.3 is 0 Å². The summed E-state index contributed by atoms with van der Waals surface area (Å²) in [5.74, 6) is 0.313. The van der Waals surface area contributed by atoms with Crippen molar-refractivity contribution in [3.05, 3.63) is 29.8 Å². The first-order chi connectivity index (χ1) is 9.41. The monoisotopic (exact) mass is 317 g/mol. The highest BCUT2D eigenvalue weighted by atomic mass is 35.5. The Morgan fingerprint density at radius 2 is 1.95 bits per heavy atom. The molecule has 0 spiro atoms. The summed E-state index contributed by atoms with van der Waals surface area (Å²) in [5.41, 5.74) is 0.946. The Morgan fingerprint density at radius 1 is 1.30 bits per heavy atom. The van der Waals surface area contributed by atoms with Gasteiger partial charge in [-0.3, -0.25) is 5.32 Å². The fraction of sp³-hybridized carbons (Fsp3) is 0.571. The zero-order valence-corrected chi connectivity index (χ0v) is 13.2. The summed E-state index contributed by atoms with van der Waals surface area (Å²) in [6.45, 7) is 0.654. The van der Waals surface area contributed by atoms with E-state index in [1.54, 1.807) is 19.2 Å². The van der Waals surface area contributed by atoms with Gasteiger partial charge in [0.1, 0.15) is 0 Å². The smallest absolute Gasteiger partial charge is 0.175 e. The van der Waals surface area contributed by atoms with E-state index in [2.05, 4.69) is 5.32 Å². The maximum Gasteiger partial charge on any atom is 0.175 e. The van der Waals surface area contributed by atoms with Crippen LogP contribution < -0.4 is 5.32 Å². The van der Waals surface area contributed by atoms with Crippen molar-refractivity contribution in [1.82, 2.24) is 5.32 Å². The molecule has 1 saturated heterocycles. The normalized spacial score (nSPS) is 27.4. The van der Waals surface area contributed by atoms with Crippen molar-refractivity contribution in [3.8, 4) is 0 Å². The number of methoxy groups -OCH3 is 1. The van der Waals surface area contributed by atoms with Gasteiger partial charge in [0.2, 0.25) is 0 Å². The molecule has 6 heteroatoms. The highest BCUT2D eigenvalue weighted by Gasteiger charge is 2.29. The maximum absolute atomic E-state index is 11.4. The lowest BCUT2D eigenvalue weighted by molar-refractivity contribution is 0.120. The topological polar surface area (TPSA) is 55.4 Å². The molecule has 1 aromatic rings. The molecule has 1 aliphatic heterocycles. The zero-order chi connectivity index (χ0) is 14.8. The van der Waals surface area contributed by atoms with Gasteiger partial charge in [0.05, 0.1) is 17.0 Å². The van der Waals surface area contributed by atoms with Crippen LogP contribution in [0.25, 0.3) is 0 Å². The van der Waals surface area contributed by atoms with Crippen LogP contribution in [0.1, 0.15) is 24.4 Å². The van der Waals surface area contributed by atoms with E-state index in [0.29, 0.717) is 17.4 Å². The van der Waals surface area contributed by atoms with Crippen LogP contribution in [0.15, 0.2) is 29.2 Å². The predicted octanol–water partition coefficient (Wildman–Crippen LogP) is 2.34. The van der Waals surface area contributed by atoms with Gasteiger partial charge < -0.3 is 4.74 Å². The Kier molecular flexibility index (Phi) is 5.07. The van der Waals surface area contributed by atoms with E-state index in [4.69, 9.17) is 16.3 Å². The maximum atomic E-state index is 11.4. The molecule has 0 aromatic heterocycles. The average molecular weight is 318 g/mol. The highest BCUT2D eigenvalue weighted by Crippen LogP contribution is 2.31. The molecule has 0 bridgehead atoms. The molecule has 0 saturated carbocycles. The van der Waals surface area contributed by atoms with Gasteiger partial charge in [0.25, 0.3) is 0 Å². The van der Waals surface area contributed by atoms with Crippen LogP contribution in [0.4, 0.5) is 0 Å². The standard InChI is InChI=1S/C14H20ClNO3S/c1-19-9-11-5-8-13(16-14(11)15)10-3-6-12(7-4-10)20(2,17)18/h3-4,6-7,11,13-14,16H,5,8-9H2,1-2H3. The van der Waals surface area contributed by atoms with Crippen molar-refractivity contribution < 1.29 is 13.2 Å². The van der Waals surface area contributed by atoms with E-state index >= 15 is 0 Å². The number of hydrogen-bond donors (Lipinski definition) is 1. The highest BCUT2D eigenvalue weighted by molar-refractivity contribution is 7.90. The molecule has 2 rings (SSSR count). The molecule has 1 aromatic carbocycles. The number of sulfone groups is 1. The molecular formula is C14H20ClNO3S. The Balaban J connectivity index is 2.06. The Morgan fingerprint density at radius 3 is 2.45 bits per heavy atom. The quantitative estimate of drug-likeness (QED) is 0.684. The molecule has 112 valence electrons. The summed E-state index contributed by atoms with van der Waals surface area (Å²) >= 11 is 6.32. The van der Waals surface area contributed by atoms with Gasteiger partial charge in [-0.15, -0.1) is 11.6 Å². The summed E-state index contributed by atoms with van der Waals surface area (Å²) < 4.78 is 28.0. The van der Waals surface area contributed by atoms with Crippen LogP contribution >= 0.6 is 11.6 Å². The zero-order valence-electron chi connectivity index (χ0n) is 11.7. The molecule has 3 atom stereocenters. The Hall–Kier alpha value is -0.620. The first-order valence-corrected chi connectivity index (χ1v) is 8.93. The molecule has 0 aliphatic carbocycles. The minimum Gasteiger partial charge on any atom is -0.384 e. The third-order valence-corrected chi connectivity index (χ3v) is 5.30. The molecule has 0 amide bonds. The van der Waals surface area contributed by atoms with Gasteiger partial charge in [-0.05, 0) is 30.5 Å². The fourth-order valence-corrected chi connectivity index (χ4v) is 3.51. The van der Waals surface area contributed by atoms with E-state index in [0.717, 1.165) is 18.4 Å². The first kappa shape index (κ1) is 15.8. The fourth-order valence-electron chi connectivity index (χ4n) is 2.53. The first-order valence-electron chi connectivity index (χ1n) is 6.61. The van der Waals surface area contributed by atoms with Crippen molar-refractivity contribution in [1.29, 1.82) is 0 Å². The van der Waals surface area contributed by atoms with Crippen LogP contribution in [-0.2, 0) is 14.6 Å². The van der Waals surface area contributed by atoms with Crippen molar-refractivity contribution in [2.75, 3.05) is 20.0 Å². The van der Waals surface area contributed by atoms with E-state index in [9.17, 15) is 8.42 Å². The Labute approximate surface area is 125 Å². The lowest BCUT2D eigenvalue weighted by Gasteiger charge is -2.34. The number of piperidine rings is 1. The lowest BCUT2D eigenvalue weighted by Crippen LogP contribution is -2.41. The lowest BCUT2D eigenvalue weighted by atomic mass is 9.91. The summed E-state index contributed by atoms with van der Waals surface area (Å²) in [6.07, 6.45) is 3.17. The molecule has 1 aliphatic rings. The number of halogens is 1. The van der Waals surface area contributed by atoms with Crippen LogP contribution in [0, 0.1) is 5.92 Å². The van der Waals surface area contributed by atoms with Crippen LogP contribution in [0.2, 0.25) is 0 Å². The van der Waals surface area contributed by atoms with Crippen molar-refractivity contribution >= 4 is 21.4 Å². The van der Waals surface area contributed by atoms with E-state index in [1.165, 1.54) is 6.26 Å². The number of hydrogen-bond acceptors (Lipinski definition) is 4. The van der Waals surface area contributed by atoms with Crippen molar-refractivity contribution in [3.63, 3.8) is 0 Å². The second-order valence-corrected chi connectivity index (χ2v) is 7.74. The van der Waals surface area contributed by atoms with Crippen LogP contribution in [0.5, 0.6) is 0 Å². The van der Waals surface area contributed by atoms with E-state index < -0.39 is 9.84 Å². The van der Waals surface area contributed by atoms with Gasteiger partial charge in [-0.2, -0.15) is 0 Å². The van der Waals surface area contributed by atoms with Crippen molar-refractivity contribution in [2.45, 2.75) is 29.3 Å². The second-order valence-electron chi connectivity index (χ2n) is 5.25.